The predicted octanol–water partition coefficient (Wildman–Crippen LogP) is 3.68. The number of rotatable bonds is 6. The quantitative estimate of drug-likeness (QED) is 0.219. The van der Waals surface area contributed by atoms with E-state index in [9.17, 15) is 19.7 Å². The number of carbonyl (C=O) groups is 2. The fraction of sp³-hybridized carbons (Fsp3) is 0.421. The van der Waals surface area contributed by atoms with E-state index in [2.05, 4.69) is 0 Å². The van der Waals surface area contributed by atoms with Gasteiger partial charge < -0.3 is 9.47 Å². The van der Waals surface area contributed by atoms with Crippen LogP contribution in [0.2, 0.25) is 0 Å². The van der Waals surface area contributed by atoms with Crippen LogP contribution < -0.4 is 4.74 Å². The Bertz CT molecular complexity index is 879. The molecular formula is C19H20N2O6S2. The Morgan fingerprint density at radius 1 is 1.38 bits per heavy atom. The number of ether oxygens (including phenoxy) is 2. The lowest BCUT2D eigenvalue weighted by Crippen LogP contribution is -2.36. The van der Waals surface area contributed by atoms with E-state index in [-0.39, 0.29) is 28.4 Å². The van der Waals surface area contributed by atoms with E-state index in [0.717, 1.165) is 43.9 Å². The van der Waals surface area contributed by atoms with Crippen LogP contribution in [0.4, 0.5) is 5.69 Å². The predicted molar refractivity (Wildman–Crippen MR) is 112 cm³/mol. The highest BCUT2D eigenvalue weighted by Crippen LogP contribution is 2.34. The summed E-state index contributed by atoms with van der Waals surface area (Å²) in [5, 5.41) is 11.2. The molecule has 8 nitrogen and oxygen atoms in total. The van der Waals surface area contributed by atoms with Crippen molar-refractivity contribution in [2.75, 3.05) is 13.7 Å². The van der Waals surface area contributed by atoms with Crippen molar-refractivity contribution in [1.82, 2.24) is 4.90 Å². The summed E-state index contributed by atoms with van der Waals surface area (Å²) in [6.07, 6.45) is 6.34. The summed E-state index contributed by atoms with van der Waals surface area (Å²) in [4.78, 5) is 37.0. The number of thiocarbonyl (C=S) groups is 1. The number of nitro benzene ring substituents is 1. The molecule has 3 rings (SSSR count). The van der Waals surface area contributed by atoms with Crippen LogP contribution in [0.25, 0.3) is 6.08 Å². The Morgan fingerprint density at radius 2 is 2.10 bits per heavy atom. The van der Waals surface area contributed by atoms with Crippen LogP contribution in [0.3, 0.4) is 0 Å². The second-order valence-electron chi connectivity index (χ2n) is 6.71. The van der Waals surface area contributed by atoms with Gasteiger partial charge in [0.1, 0.15) is 17.0 Å². The molecule has 154 valence electrons. The second kappa shape index (κ2) is 9.36. The van der Waals surface area contributed by atoms with Gasteiger partial charge in [0.15, 0.2) is 5.75 Å². The van der Waals surface area contributed by atoms with E-state index in [4.69, 9.17) is 21.7 Å². The number of hydrogen-bond acceptors (Lipinski definition) is 8. The van der Waals surface area contributed by atoms with Crippen molar-refractivity contribution in [2.45, 2.75) is 38.2 Å². The van der Waals surface area contributed by atoms with Gasteiger partial charge in [-0.2, -0.15) is 0 Å². The number of benzene rings is 1. The topological polar surface area (TPSA) is 99.0 Å². The van der Waals surface area contributed by atoms with Crippen molar-refractivity contribution in [3.05, 3.63) is 38.8 Å². The smallest absolute Gasteiger partial charge is 0.326 e. The first kappa shape index (κ1) is 21.3. The molecule has 0 aromatic heterocycles. The molecule has 1 aromatic rings. The molecule has 1 aliphatic carbocycles. The first-order valence-electron chi connectivity index (χ1n) is 9.16. The van der Waals surface area contributed by atoms with E-state index in [1.54, 1.807) is 6.07 Å². The minimum absolute atomic E-state index is 0.0926. The van der Waals surface area contributed by atoms with Crippen LogP contribution in [-0.4, -0.2) is 45.8 Å². The monoisotopic (exact) mass is 436 g/mol. The highest BCUT2D eigenvalue weighted by molar-refractivity contribution is 8.26. The van der Waals surface area contributed by atoms with Crippen LogP contribution >= 0.6 is 24.0 Å². The van der Waals surface area contributed by atoms with Crippen LogP contribution in [0.5, 0.6) is 5.75 Å². The largest absolute Gasteiger partial charge is 0.490 e. The Morgan fingerprint density at radius 3 is 2.76 bits per heavy atom. The Labute approximate surface area is 177 Å². The number of hydrogen-bond donors (Lipinski definition) is 0. The summed E-state index contributed by atoms with van der Waals surface area (Å²) in [7, 11) is 1.35. The minimum atomic E-state index is -0.553. The molecule has 0 N–H and O–H groups in total. The zero-order chi connectivity index (χ0) is 21.0. The molecule has 1 aliphatic heterocycles. The highest BCUT2D eigenvalue weighted by Gasteiger charge is 2.34. The Kier molecular flexibility index (Phi) is 6.86. The third-order valence-corrected chi connectivity index (χ3v) is 6.09. The first-order chi connectivity index (χ1) is 13.9. The van der Waals surface area contributed by atoms with E-state index < -0.39 is 16.8 Å². The highest BCUT2D eigenvalue weighted by atomic mass is 32.2. The summed E-state index contributed by atoms with van der Waals surface area (Å²) in [6, 6.07) is 4.39. The molecule has 10 heteroatoms. The van der Waals surface area contributed by atoms with E-state index in [0.29, 0.717) is 10.5 Å². The zero-order valence-corrected chi connectivity index (χ0v) is 17.4. The van der Waals surface area contributed by atoms with Crippen LogP contribution in [0, 0.1) is 10.1 Å². The lowest BCUT2D eigenvalue weighted by molar-refractivity contribution is -0.385. The summed E-state index contributed by atoms with van der Waals surface area (Å²) < 4.78 is 10.7. The van der Waals surface area contributed by atoms with Crippen LogP contribution in [-0.2, 0) is 14.3 Å². The number of nitro groups is 1. The molecule has 1 amide bonds. The summed E-state index contributed by atoms with van der Waals surface area (Å²) in [5.41, 5.74) is 0.260. The number of thioether (sulfide) groups is 1. The van der Waals surface area contributed by atoms with Gasteiger partial charge in [0, 0.05) is 6.07 Å². The van der Waals surface area contributed by atoms with Crippen molar-refractivity contribution >= 4 is 51.9 Å². The number of esters is 1. The lowest BCUT2D eigenvalue weighted by atomic mass is 9.98. The molecular weight excluding hydrogens is 416 g/mol. The summed E-state index contributed by atoms with van der Waals surface area (Å²) in [5.74, 6) is -0.765. The van der Waals surface area contributed by atoms with Gasteiger partial charge in [0.2, 0.25) is 0 Å². The van der Waals surface area contributed by atoms with Crippen molar-refractivity contribution in [1.29, 1.82) is 0 Å². The SMILES string of the molecule is COc1ccc(/C=C2\SC(=S)N(CC(=O)OC3CCCCC3)C2=O)cc1[N+](=O)[O-]. The fourth-order valence-corrected chi connectivity index (χ4v) is 4.52. The maximum absolute atomic E-state index is 12.7. The molecule has 0 radical (unpaired) electrons. The minimum Gasteiger partial charge on any atom is -0.490 e. The maximum Gasteiger partial charge on any atom is 0.326 e. The van der Waals surface area contributed by atoms with E-state index >= 15 is 0 Å². The average molecular weight is 437 g/mol. The molecule has 0 bridgehead atoms. The van der Waals surface area contributed by atoms with Gasteiger partial charge in [0.05, 0.1) is 16.9 Å². The molecule has 2 fully saturated rings. The molecule has 2 aliphatic rings. The molecule has 0 unspecified atom stereocenters. The van der Waals surface area contributed by atoms with Gasteiger partial charge in [-0.05, 0) is 43.4 Å². The van der Waals surface area contributed by atoms with Gasteiger partial charge in [-0.15, -0.1) is 0 Å². The van der Waals surface area contributed by atoms with Gasteiger partial charge in [-0.3, -0.25) is 24.6 Å². The van der Waals surface area contributed by atoms with Gasteiger partial charge in [-0.1, -0.05) is 36.5 Å². The van der Waals surface area contributed by atoms with E-state index in [1.165, 1.54) is 30.2 Å². The number of amides is 1. The molecule has 1 saturated carbocycles. The average Bonchev–Trinajstić information content (AvgIpc) is 2.96. The van der Waals surface area contributed by atoms with E-state index in [1.807, 2.05) is 0 Å². The van der Waals surface area contributed by atoms with Gasteiger partial charge >= 0.3 is 11.7 Å². The van der Waals surface area contributed by atoms with Crippen molar-refractivity contribution in [3.8, 4) is 5.75 Å². The number of carbonyl (C=O) groups excluding carboxylic acids is 2. The molecule has 0 spiro atoms. The van der Waals surface area contributed by atoms with Crippen molar-refractivity contribution in [3.63, 3.8) is 0 Å². The molecule has 1 saturated heterocycles. The molecule has 1 heterocycles. The Balaban J connectivity index is 1.70. The second-order valence-corrected chi connectivity index (χ2v) is 8.38. The van der Waals surface area contributed by atoms with Crippen LogP contribution in [0.15, 0.2) is 23.1 Å². The standard InChI is InChI=1S/C19H20N2O6S2/c1-26-15-8-7-12(9-14(15)21(24)25)10-16-18(23)20(19(28)29-16)11-17(22)27-13-5-3-2-4-6-13/h7-10,13H,2-6,11H2,1H3/b16-10-. The third-order valence-electron chi connectivity index (χ3n) is 4.71. The zero-order valence-electron chi connectivity index (χ0n) is 15.8. The summed E-state index contributed by atoms with van der Waals surface area (Å²) in [6.45, 7) is -0.235. The van der Waals surface area contributed by atoms with Gasteiger partial charge in [-0.25, -0.2) is 0 Å². The normalized spacial score (nSPS) is 18.9. The fourth-order valence-electron chi connectivity index (χ4n) is 3.26. The first-order valence-corrected chi connectivity index (χ1v) is 10.4. The molecule has 0 atom stereocenters. The number of nitrogens with zero attached hydrogens (tertiary/aromatic N) is 2. The van der Waals surface area contributed by atoms with Crippen LogP contribution in [0.1, 0.15) is 37.7 Å². The van der Waals surface area contributed by atoms with Crippen molar-refractivity contribution in [2.24, 2.45) is 0 Å². The summed E-state index contributed by atoms with van der Waals surface area (Å²) >= 11 is 6.28. The maximum atomic E-state index is 12.7. The Hall–Kier alpha value is -2.46. The molecule has 29 heavy (non-hydrogen) atoms. The molecule has 1 aromatic carbocycles. The lowest BCUT2D eigenvalue weighted by Gasteiger charge is -2.23. The third kappa shape index (κ3) is 5.13. The number of methoxy groups -OCH3 is 1. The van der Waals surface area contributed by atoms with Crippen molar-refractivity contribution < 1.29 is 24.0 Å². The van der Waals surface area contributed by atoms with Gasteiger partial charge in [0.25, 0.3) is 5.91 Å².